The summed E-state index contributed by atoms with van der Waals surface area (Å²) in [4.78, 5) is 11.5. The van der Waals surface area contributed by atoms with Crippen molar-refractivity contribution in [3.63, 3.8) is 0 Å². The molecule has 2 N–H and O–H groups in total. The molecule has 0 rings (SSSR count). The largest absolute Gasteiger partial charge is 0.356 e. The standard InChI is InChI=1S/C11H25N3O3S.ClH/c1-5-18(16,17)14(4)8-6-7-13-11(15)10(2)9-12-3;/h10,12H,5-9H2,1-4H3,(H,13,15);1H. The average Bonchev–Trinajstić information content (AvgIpc) is 2.34. The van der Waals surface area contributed by atoms with Gasteiger partial charge in [0, 0.05) is 32.6 Å². The molecule has 0 fully saturated rings. The van der Waals surface area contributed by atoms with E-state index in [-0.39, 0.29) is 30.0 Å². The van der Waals surface area contributed by atoms with Crippen LogP contribution >= 0.6 is 12.4 Å². The van der Waals surface area contributed by atoms with Crippen LogP contribution in [0.4, 0.5) is 0 Å². The van der Waals surface area contributed by atoms with Crippen molar-refractivity contribution in [2.45, 2.75) is 20.3 Å². The van der Waals surface area contributed by atoms with Gasteiger partial charge in [-0.2, -0.15) is 0 Å². The number of halogens is 1. The fourth-order valence-electron chi connectivity index (χ4n) is 1.45. The second-order valence-corrected chi connectivity index (χ2v) is 6.69. The zero-order valence-corrected chi connectivity index (χ0v) is 13.7. The summed E-state index contributed by atoms with van der Waals surface area (Å²) >= 11 is 0. The molecule has 19 heavy (non-hydrogen) atoms. The van der Waals surface area contributed by atoms with E-state index in [4.69, 9.17) is 0 Å². The zero-order chi connectivity index (χ0) is 14.2. The van der Waals surface area contributed by atoms with Crippen molar-refractivity contribution in [1.29, 1.82) is 0 Å². The molecule has 116 valence electrons. The zero-order valence-electron chi connectivity index (χ0n) is 12.1. The molecule has 0 aliphatic carbocycles. The Balaban J connectivity index is 0. The lowest BCUT2D eigenvalue weighted by Crippen LogP contribution is -2.36. The molecular formula is C11H26ClN3O3S. The Morgan fingerprint density at radius 1 is 1.37 bits per heavy atom. The average molecular weight is 316 g/mol. The Kier molecular flexibility index (Phi) is 11.5. The van der Waals surface area contributed by atoms with Crippen LogP contribution in [0.3, 0.4) is 0 Å². The number of amides is 1. The lowest BCUT2D eigenvalue weighted by molar-refractivity contribution is -0.124. The Hall–Kier alpha value is -0.370. The molecule has 1 amide bonds. The van der Waals surface area contributed by atoms with Gasteiger partial charge in [-0.15, -0.1) is 12.4 Å². The molecule has 0 aromatic rings. The number of sulfonamides is 1. The van der Waals surface area contributed by atoms with E-state index in [9.17, 15) is 13.2 Å². The minimum atomic E-state index is -3.11. The van der Waals surface area contributed by atoms with Crippen LogP contribution < -0.4 is 10.6 Å². The second kappa shape index (κ2) is 10.4. The van der Waals surface area contributed by atoms with Crippen molar-refractivity contribution < 1.29 is 13.2 Å². The fraction of sp³-hybridized carbons (Fsp3) is 0.909. The van der Waals surface area contributed by atoms with Gasteiger partial charge in [0.2, 0.25) is 15.9 Å². The molecule has 1 atom stereocenters. The van der Waals surface area contributed by atoms with Crippen LogP contribution in [0.25, 0.3) is 0 Å². The third-order valence-corrected chi connectivity index (χ3v) is 4.61. The number of carbonyl (C=O) groups excluding carboxylic acids is 1. The molecule has 0 radical (unpaired) electrons. The molecule has 6 nitrogen and oxygen atoms in total. The molecule has 0 saturated heterocycles. The van der Waals surface area contributed by atoms with E-state index in [1.807, 2.05) is 6.92 Å². The second-order valence-electron chi connectivity index (χ2n) is 4.33. The molecule has 0 spiro atoms. The van der Waals surface area contributed by atoms with Crippen LogP contribution in [0.15, 0.2) is 0 Å². The van der Waals surface area contributed by atoms with Gasteiger partial charge in [-0.1, -0.05) is 6.92 Å². The summed E-state index contributed by atoms with van der Waals surface area (Å²) in [6.45, 7) is 5.02. The highest BCUT2D eigenvalue weighted by molar-refractivity contribution is 7.89. The Labute approximate surface area is 122 Å². The molecule has 0 bridgehead atoms. The van der Waals surface area contributed by atoms with Crippen molar-refractivity contribution in [2.24, 2.45) is 5.92 Å². The van der Waals surface area contributed by atoms with Gasteiger partial charge in [-0.25, -0.2) is 12.7 Å². The van der Waals surface area contributed by atoms with E-state index in [1.165, 1.54) is 4.31 Å². The molecule has 0 aromatic heterocycles. The summed E-state index contributed by atoms with van der Waals surface area (Å²) in [5, 5.41) is 5.73. The summed E-state index contributed by atoms with van der Waals surface area (Å²) in [5.74, 6) is 0.0205. The van der Waals surface area contributed by atoms with E-state index in [1.54, 1.807) is 21.0 Å². The summed E-state index contributed by atoms with van der Waals surface area (Å²) in [5.41, 5.74) is 0. The van der Waals surface area contributed by atoms with Crippen LogP contribution in [-0.4, -0.2) is 58.1 Å². The molecule has 0 saturated carbocycles. The number of hydrogen-bond acceptors (Lipinski definition) is 4. The van der Waals surface area contributed by atoms with E-state index < -0.39 is 10.0 Å². The smallest absolute Gasteiger partial charge is 0.224 e. The third kappa shape index (κ3) is 8.41. The van der Waals surface area contributed by atoms with Gasteiger partial charge >= 0.3 is 0 Å². The highest BCUT2D eigenvalue weighted by Gasteiger charge is 2.15. The van der Waals surface area contributed by atoms with Crippen LogP contribution in [0.5, 0.6) is 0 Å². The lowest BCUT2D eigenvalue weighted by Gasteiger charge is -2.16. The maximum atomic E-state index is 11.5. The number of carbonyl (C=O) groups is 1. The highest BCUT2D eigenvalue weighted by atomic mass is 35.5. The first kappa shape index (κ1) is 20.9. The fourth-order valence-corrected chi connectivity index (χ4v) is 2.29. The summed E-state index contributed by atoms with van der Waals surface area (Å²) < 4.78 is 24.2. The topological polar surface area (TPSA) is 78.5 Å². The first-order valence-corrected chi connectivity index (χ1v) is 7.82. The predicted molar refractivity (Wildman–Crippen MR) is 80.1 cm³/mol. The van der Waals surface area contributed by atoms with Crippen molar-refractivity contribution in [3.05, 3.63) is 0 Å². The molecule has 0 aliphatic rings. The van der Waals surface area contributed by atoms with Crippen molar-refractivity contribution in [1.82, 2.24) is 14.9 Å². The maximum absolute atomic E-state index is 11.5. The normalized spacial score (nSPS) is 12.9. The molecule has 1 unspecified atom stereocenters. The number of rotatable bonds is 9. The van der Waals surface area contributed by atoms with E-state index in [0.29, 0.717) is 26.1 Å². The molecule has 0 heterocycles. The maximum Gasteiger partial charge on any atom is 0.224 e. The van der Waals surface area contributed by atoms with Crippen molar-refractivity contribution >= 4 is 28.3 Å². The number of hydrogen-bond donors (Lipinski definition) is 2. The Bertz CT molecular complexity index is 349. The van der Waals surface area contributed by atoms with E-state index >= 15 is 0 Å². The van der Waals surface area contributed by atoms with Gasteiger partial charge in [0.15, 0.2) is 0 Å². The van der Waals surface area contributed by atoms with Crippen molar-refractivity contribution in [2.75, 3.05) is 39.5 Å². The highest BCUT2D eigenvalue weighted by Crippen LogP contribution is 1.98. The third-order valence-electron chi connectivity index (χ3n) is 2.75. The first-order valence-electron chi connectivity index (χ1n) is 6.21. The van der Waals surface area contributed by atoms with Gasteiger partial charge < -0.3 is 10.6 Å². The summed E-state index contributed by atoms with van der Waals surface area (Å²) in [6, 6.07) is 0. The van der Waals surface area contributed by atoms with Crippen molar-refractivity contribution in [3.8, 4) is 0 Å². The lowest BCUT2D eigenvalue weighted by atomic mass is 10.1. The Morgan fingerprint density at radius 3 is 2.42 bits per heavy atom. The monoisotopic (exact) mass is 315 g/mol. The SMILES string of the molecule is CCS(=O)(=O)N(C)CCCNC(=O)C(C)CNC.Cl. The quantitative estimate of drug-likeness (QED) is 0.589. The van der Waals surface area contributed by atoms with Gasteiger partial charge in [-0.05, 0) is 20.4 Å². The van der Waals surface area contributed by atoms with Gasteiger partial charge in [0.25, 0.3) is 0 Å². The van der Waals surface area contributed by atoms with E-state index in [0.717, 1.165) is 0 Å². The minimum absolute atomic E-state index is 0. The minimum Gasteiger partial charge on any atom is -0.356 e. The summed E-state index contributed by atoms with van der Waals surface area (Å²) in [7, 11) is 0.247. The molecular weight excluding hydrogens is 290 g/mol. The van der Waals surface area contributed by atoms with Gasteiger partial charge in [-0.3, -0.25) is 4.79 Å². The van der Waals surface area contributed by atoms with Gasteiger partial charge in [0.05, 0.1) is 5.75 Å². The summed E-state index contributed by atoms with van der Waals surface area (Å²) in [6.07, 6.45) is 0.619. The van der Waals surface area contributed by atoms with Crippen LogP contribution in [-0.2, 0) is 14.8 Å². The molecule has 8 heteroatoms. The molecule has 0 aromatic carbocycles. The van der Waals surface area contributed by atoms with Crippen LogP contribution in [0.2, 0.25) is 0 Å². The number of nitrogens with one attached hydrogen (secondary N) is 2. The number of nitrogens with zero attached hydrogens (tertiary/aromatic N) is 1. The van der Waals surface area contributed by atoms with Crippen LogP contribution in [0.1, 0.15) is 20.3 Å². The van der Waals surface area contributed by atoms with Crippen LogP contribution in [0, 0.1) is 5.92 Å². The van der Waals surface area contributed by atoms with E-state index in [2.05, 4.69) is 10.6 Å². The Morgan fingerprint density at radius 2 is 1.95 bits per heavy atom. The predicted octanol–water partition coefficient (Wildman–Crippen LogP) is 0.0515. The molecule has 0 aliphatic heterocycles. The first-order chi connectivity index (χ1) is 8.35. The van der Waals surface area contributed by atoms with Gasteiger partial charge in [0.1, 0.15) is 0 Å².